The molecule has 0 saturated carbocycles. The Kier molecular flexibility index (Phi) is 8.43. The molecule has 0 aliphatic carbocycles. The van der Waals surface area contributed by atoms with Crippen LogP contribution in [0.25, 0.3) is 0 Å². The van der Waals surface area contributed by atoms with Crippen LogP contribution in [0.3, 0.4) is 0 Å². The molecule has 26 heavy (non-hydrogen) atoms. The molecule has 2 aromatic rings. The van der Waals surface area contributed by atoms with Crippen LogP contribution in [0.2, 0.25) is 0 Å². The van der Waals surface area contributed by atoms with E-state index in [1.165, 1.54) is 24.7 Å². The summed E-state index contributed by atoms with van der Waals surface area (Å²) in [6.07, 6.45) is 1.50. The minimum absolute atomic E-state index is 0. The van der Waals surface area contributed by atoms with E-state index in [1.54, 1.807) is 36.0 Å². The van der Waals surface area contributed by atoms with Crippen LogP contribution in [0.1, 0.15) is 11.4 Å². The van der Waals surface area contributed by atoms with Crippen LogP contribution in [0.15, 0.2) is 40.5 Å². The van der Waals surface area contributed by atoms with E-state index >= 15 is 0 Å². The van der Waals surface area contributed by atoms with E-state index in [0.717, 1.165) is 11.4 Å². The van der Waals surface area contributed by atoms with Crippen molar-refractivity contribution < 1.29 is 8.42 Å². The summed E-state index contributed by atoms with van der Waals surface area (Å²) in [4.78, 5) is 8.55. The molecule has 2 rings (SSSR count). The summed E-state index contributed by atoms with van der Waals surface area (Å²) in [7, 11) is 3.12. The minimum Gasteiger partial charge on any atom is -0.352 e. The molecule has 0 atom stereocenters. The Morgan fingerprint density at radius 1 is 1.19 bits per heavy atom. The molecule has 0 unspecified atom stereocenters. The topological polar surface area (TPSA) is 105 Å². The van der Waals surface area contributed by atoms with Crippen LogP contribution in [-0.4, -0.2) is 54.6 Å². The summed E-state index contributed by atoms with van der Waals surface area (Å²) in [6, 6.07) is 6.75. The van der Waals surface area contributed by atoms with Crippen LogP contribution in [0.4, 0.5) is 0 Å². The maximum absolute atomic E-state index is 12.0. The maximum atomic E-state index is 12.0. The molecule has 0 spiro atoms. The molecular formula is C15H24IN7O2S. The number of rotatable bonds is 6. The van der Waals surface area contributed by atoms with Crippen molar-refractivity contribution in [3.8, 4) is 0 Å². The molecule has 9 nitrogen and oxygen atoms in total. The van der Waals surface area contributed by atoms with Crippen LogP contribution >= 0.6 is 24.0 Å². The number of aliphatic imine (C=N–C) groups is 1. The van der Waals surface area contributed by atoms with E-state index in [2.05, 4.69) is 25.7 Å². The Labute approximate surface area is 171 Å². The lowest BCUT2D eigenvalue weighted by atomic mass is 10.2. The fourth-order valence-electron chi connectivity index (χ4n) is 2.04. The number of aromatic nitrogens is 3. The van der Waals surface area contributed by atoms with Gasteiger partial charge in [-0.1, -0.05) is 12.1 Å². The minimum atomic E-state index is -3.41. The van der Waals surface area contributed by atoms with Crippen molar-refractivity contribution >= 4 is 40.0 Å². The summed E-state index contributed by atoms with van der Waals surface area (Å²) in [5.74, 6) is 1.41. The van der Waals surface area contributed by atoms with E-state index in [-0.39, 0.29) is 28.9 Å². The van der Waals surface area contributed by atoms with Crippen molar-refractivity contribution in [3.05, 3.63) is 42.0 Å². The molecule has 144 valence electrons. The highest BCUT2D eigenvalue weighted by Gasteiger charge is 2.16. The number of hydrogen-bond acceptors (Lipinski definition) is 5. The number of nitrogens with zero attached hydrogens (tertiary/aromatic N) is 5. The number of sulfonamides is 1. The van der Waals surface area contributed by atoms with Gasteiger partial charge in [0.25, 0.3) is 0 Å². The number of nitrogens with one attached hydrogen (secondary N) is 2. The molecule has 1 aromatic heterocycles. The Morgan fingerprint density at radius 2 is 1.81 bits per heavy atom. The Bertz CT molecular complexity index is 832. The van der Waals surface area contributed by atoms with E-state index in [0.29, 0.717) is 19.0 Å². The molecule has 11 heteroatoms. The average Bonchev–Trinajstić information content (AvgIpc) is 3.00. The highest BCUT2D eigenvalue weighted by molar-refractivity contribution is 14.0. The molecule has 0 saturated heterocycles. The Balaban J connectivity index is 0.00000338. The van der Waals surface area contributed by atoms with E-state index in [1.807, 2.05) is 7.05 Å². The van der Waals surface area contributed by atoms with E-state index in [9.17, 15) is 8.42 Å². The van der Waals surface area contributed by atoms with Gasteiger partial charge in [-0.15, -0.1) is 24.0 Å². The van der Waals surface area contributed by atoms with Crippen LogP contribution in [0, 0.1) is 0 Å². The normalized spacial score (nSPS) is 12.0. The van der Waals surface area contributed by atoms with Gasteiger partial charge in [0.05, 0.1) is 11.4 Å². The van der Waals surface area contributed by atoms with Gasteiger partial charge in [0, 0.05) is 34.7 Å². The molecule has 1 heterocycles. The van der Waals surface area contributed by atoms with Crippen LogP contribution in [-0.2, 0) is 30.2 Å². The zero-order valence-corrected chi connectivity index (χ0v) is 18.3. The smallest absolute Gasteiger partial charge is 0.242 e. The summed E-state index contributed by atoms with van der Waals surface area (Å²) in [6.45, 7) is 1.01. The second kappa shape index (κ2) is 9.83. The van der Waals surface area contributed by atoms with Gasteiger partial charge in [-0.25, -0.2) is 17.7 Å². The van der Waals surface area contributed by atoms with Gasteiger partial charge in [0.2, 0.25) is 10.0 Å². The molecule has 0 aliphatic heterocycles. The van der Waals surface area contributed by atoms with Gasteiger partial charge in [-0.3, -0.25) is 9.67 Å². The quantitative estimate of drug-likeness (QED) is 0.346. The van der Waals surface area contributed by atoms with Crippen molar-refractivity contribution in [3.63, 3.8) is 0 Å². The number of guanidine groups is 1. The predicted octanol–water partition coefficient (Wildman–Crippen LogP) is 0.549. The first-order chi connectivity index (χ1) is 11.8. The Morgan fingerprint density at radius 3 is 2.31 bits per heavy atom. The molecular weight excluding hydrogens is 469 g/mol. The second-order valence-corrected chi connectivity index (χ2v) is 7.66. The summed E-state index contributed by atoms with van der Waals surface area (Å²) in [5.41, 5.74) is 0.944. The van der Waals surface area contributed by atoms with Gasteiger partial charge < -0.3 is 10.6 Å². The molecule has 0 aliphatic rings. The number of aryl methyl sites for hydroxylation is 1. The lowest BCUT2D eigenvalue weighted by Crippen LogP contribution is -2.36. The largest absolute Gasteiger partial charge is 0.352 e. The first-order valence-electron chi connectivity index (χ1n) is 7.63. The first-order valence-corrected chi connectivity index (χ1v) is 9.07. The Hall–Kier alpha value is -1.73. The maximum Gasteiger partial charge on any atom is 0.242 e. The fraction of sp³-hybridized carbons (Fsp3) is 0.400. The van der Waals surface area contributed by atoms with Gasteiger partial charge in [-0.05, 0) is 17.7 Å². The average molecular weight is 493 g/mol. The standard InChI is InChI=1S/C15H23N7O2S.HI/c1-16-15(18-10-14-19-11-20-22(14)4)17-9-12-5-7-13(8-6-12)25(23,24)21(2)3;/h5-8,11H,9-10H2,1-4H3,(H2,16,17,18);1H. The van der Waals surface area contributed by atoms with Crippen molar-refractivity contribution in [2.24, 2.45) is 12.0 Å². The summed E-state index contributed by atoms with van der Waals surface area (Å²) in [5, 5.41) is 10.3. The fourth-order valence-corrected chi connectivity index (χ4v) is 2.94. The third-order valence-corrected chi connectivity index (χ3v) is 5.43. The number of hydrogen-bond donors (Lipinski definition) is 2. The monoisotopic (exact) mass is 493 g/mol. The summed E-state index contributed by atoms with van der Waals surface area (Å²) >= 11 is 0. The molecule has 0 amide bonds. The molecule has 1 aromatic carbocycles. The van der Waals surface area contributed by atoms with Crippen LogP contribution in [0.5, 0.6) is 0 Å². The van der Waals surface area contributed by atoms with E-state index in [4.69, 9.17) is 0 Å². The molecule has 0 fully saturated rings. The SMILES string of the molecule is CN=C(NCc1ccc(S(=O)(=O)N(C)C)cc1)NCc1ncnn1C.I. The molecule has 2 N–H and O–H groups in total. The van der Waals surface area contributed by atoms with Crippen molar-refractivity contribution in [1.82, 2.24) is 29.7 Å². The van der Waals surface area contributed by atoms with Gasteiger partial charge in [0.15, 0.2) is 5.96 Å². The third kappa shape index (κ3) is 5.64. The van der Waals surface area contributed by atoms with Gasteiger partial charge in [0.1, 0.15) is 12.2 Å². The van der Waals surface area contributed by atoms with Crippen molar-refractivity contribution in [2.75, 3.05) is 21.1 Å². The lowest BCUT2D eigenvalue weighted by Gasteiger charge is -2.13. The lowest BCUT2D eigenvalue weighted by molar-refractivity contribution is 0.520. The highest BCUT2D eigenvalue weighted by Crippen LogP contribution is 2.13. The van der Waals surface area contributed by atoms with Crippen molar-refractivity contribution in [2.45, 2.75) is 18.0 Å². The van der Waals surface area contributed by atoms with Gasteiger partial charge >= 0.3 is 0 Å². The molecule has 0 radical (unpaired) electrons. The zero-order chi connectivity index (χ0) is 18.4. The summed E-state index contributed by atoms with van der Waals surface area (Å²) < 4.78 is 27.0. The van der Waals surface area contributed by atoms with Gasteiger partial charge in [-0.2, -0.15) is 5.10 Å². The first kappa shape index (κ1) is 22.3. The second-order valence-electron chi connectivity index (χ2n) is 5.51. The van der Waals surface area contributed by atoms with Crippen LogP contribution < -0.4 is 10.6 Å². The third-order valence-electron chi connectivity index (χ3n) is 3.60. The number of benzene rings is 1. The zero-order valence-electron chi connectivity index (χ0n) is 15.2. The highest BCUT2D eigenvalue weighted by atomic mass is 127. The number of halogens is 1. The predicted molar refractivity (Wildman–Crippen MR) is 111 cm³/mol. The van der Waals surface area contributed by atoms with Crippen molar-refractivity contribution in [1.29, 1.82) is 0 Å². The van der Waals surface area contributed by atoms with E-state index < -0.39 is 10.0 Å². The molecule has 0 bridgehead atoms.